The standard InChI is InChI=1S/C7H4I2O3.2Na.2H/c8-5-3-1-2-4(7(10)11)6(5)12-9;;;;/h1-3H,(H,10,11);;;;/q;2*+1;2*-1. The van der Waals surface area contributed by atoms with Crippen LogP contribution in [0.1, 0.15) is 13.2 Å². The summed E-state index contributed by atoms with van der Waals surface area (Å²) in [5, 5.41) is 8.73. The molecule has 0 aromatic heterocycles. The molecule has 1 aromatic rings. The molecular weight excluding hydrogens is 432 g/mol. The molecule has 3 nitrogen and oxygen atoms in total. The molecule has 0 aliphatic heterocycles. The van der Waals surface area contributed by atoms with Gasteiger partial charge in [-0.25, -0.2) is 4.79 Å². The SMILES string of the molecule is O=C(O)c1cccc(I)c1OI.[H-].[H-].[Na+].[Na+]. The Kier molecular flexibility index (Phi) is 11.8. The van der Waals surface area contributed by atoms with Crippen LogP contribution in [0.4, 0.5) is 0 Å². The van der Waals surface area contributed by atoms with Gasteiger partial charge in [0.2, 0.25) is 0 Å². The van der Waals surface area contributed by atoms with Gasteiger partial charge < -0.3 is 11.0 Å². The van der Waals surface area contributed by atoms with E-state index in [9.17, 15) is 4.79 Å². The topological polar surface area (TPSA) is 46.5 Å². The van der Waals surface area contributed by atoms with Crippen molar-refractivity contribution in [1.29, 1.82) is 0 Å². The second kappa shape index (κ2) is 9.03. The molecule has 7 heteroatoms. The average molecular weight is 438 g/mol. The van der Waals surface area contributed by atoms with E-state index < -0.39 is 5.97 Å². The van der Waals surface area contributed by atoms with Gasteiger partial charge in [0.15, 0.2) is 28.8 Å². The van der Waals surface area contributed by atoms with Crippen LogP contribution >= 0.6 is 45.6 Å². The zero-order valence-electron chi connectivity index (χ0n) is 9.75. The maximum atomic E-state index is 10.6. The Morgan fingerprint density at radius 2 is 2.00 bits per heavy atom. The second-order valence-corrected chi connectivity index (χ2v) is 3.60. The van der Waals surface area contributed by atoms with E-state index in [2.05, 4.69) is 0 Å². The smallest absolute Gasteiger partial charge is 1.00 e. The van der Waals surface area contributed by atoms with Gasteiger partial charge in [0, 0.05) is 0 Å². The first-order chi connectivity index (χ1) is 5.66. The van der Waals surface area contributed by atoms with Crippen molar-refractivity contribution >= 4 is 51.6 Å². The number of hydrogen-bond acceptors (Lipinski definition) is 2. The van der Waals surface area contributed by atoms with E-state index in [1.165, 1.54) is 6.07 Å². The van der Waals surface area contributed by atoms with E-state index in [1.807, 2.05) is 22.6 Å². The fraction of sp³-hybridized carbons (Fsp3) is 0. The van der Waals surface area contributed by atoms with Crippen molar-refractivity contribution < 1.29 is 74.9 Å². The molecule has 68 valence electrons. The minimum Gasteiger partial charge on any atom is -1.00 e. The zero-order valence-corrected chi connectivity index (χ0v) is 16.1. The fourth-order valence-electron chi connectivity index (χ4n) is 0.756. The Morgan fingerprint density at radius 3 is 2.36 bits per heavy atom. The van der Waals surface area contributed by atoms with Crippen LogP contribution in [0, 0.1) is 3.57 Å². The van der Waals surface area contributed by atoms with Crippen molar-refractivity contribution in [2.45, 2.75) is 0 Å². The summed E-state index contributed by atoms with van der Waals surface area (Å²) in [4.78, 5) is 10.6. The Hall–Kier alpha value is 1.95. The maximum Gasteiger partial charge on any atom is 1.00 e. The number of carboxylic acids is 1. The molecule has 0 heterocycles. The molecule has 0 saturated carbocycles. The predicted molar refractivity (Wildman–Crippen MR) is 63.0 cm³/mol. The molecular formula is C7H6I2Na2O3. The van der Waals surface area contributed by atoms with Gasteiger partial charge in [-0.05, 0) is 34.7 Å². The van der Waals surface area contributed by atoms with Gasteiger partial charge in [-0.3, -0.25) is 0 Å². The first-order valence-corrected chi connectivity index (χ1v) is 4.93. The van der Waals surface area contributed by atoms with E-state index >= 15 is 0 Å². The van der Waals surface area contributed by atoms with Gasteiger partial charge in [0.25, 0.3) is 0 Å². The van der Waals surface area contributed by atoms with Crippen LogP contribution in [-0.4, -0.2) is 11.1 Å². The van der Waals surface area contributed by atoms with Crippen LogP contribution in [0.3, 0.4) is 0 Å². The number of aromatic carboxylic acids is 1. The molecule has 0 saturated heterocycles. The number of para-hydroxylation sites is 1. The zero-order chi connectivity index (χ0) is 9.14. The molecule has 0 radical (unpaired) electrons. The minimum atomic E-state index is -0.972. The first-order valence-electron chi connectivity index (χ1n) is 2.97. The largest absolute Gasteiger partial charge is 1.00 e. The van der Waals surface area contributed by atoms with E-state index in [0.29, 0.717) is 5.75 Å². The van der Waals surface area contributed by atoms with E-state index in [4.69, 9.17) is 8.17 Å². The third kappa shape index (κ3) is 4.86. The third-order valence-corrected chi connectivity index (χ3v) is 2.56. The molecule has 1 rings (SSSR count). The summed E-state index contributed by atoms with van der Waals surface area (Å²) in [5.41, 5.74) is 0.191. The minimum absolute atomic E-state index is 0. The molecule has 0 aliphatic carbocycles. The van der Waals surface area contributed by atoms with Crippen molar-refractivity contribution in [2.75, 3.05) is 0 Å². The van der Waals surface area contributed by atoms with Gasteiger partial charge in [-0.15, -0.1) is 0 Å². The number of rotatable bonds is 2. The Bertz CT molecular complexity index is 329. The van der Waals surface area contributed by atoms with Gasteiger partial charge in [-0.2, -0.15) is 0 Å². The molecule has 1 N–H and O–H groups in total. The number of halogens is 2. The molecule has 0 spiro atoms. The molecule has 0 fully saturated rings. The Balaban J connectivity index is -0.000000180. The van der Waals surface area contributed by atoms with Crippen molar-refractivity contribution in [3.05, 3.63) is 27.3 Å². The van der Waals surface area contributed by atoms with Crippen LogP contribution in [0.2, 0.25) is 0 Å². The van der Waals surface area contributed by atoms with Crippen molar-refractivity contribution in [3.63, 3.8) is 0 Å². The summed E-state index contributed by atoms with van der Waals surface area (Å²) in [5.74, 6) is -0.564. The van der Waals surface area contributed by atoms with Crippen molar-refractivity contribution in [1.82, 2.24) is 0 Å². The van der Waals surface area contributed by atoms with Crippen LogP contribution in [0.5, 0.6) is 5.75 Å². The summed E-state index contributed by atoms with van der Waals surface area (Å²) in [6.07, 6.45) is 0. The molecule has 14 heavy (non-hydrogen) atoms. The maximum absolute atomic E-state index is 10.6. The monoisotopic (exact) mass is 438 g/mol. The van der Waals surface area contributed by atoms with Crippen molar-refractivity contribution in [3.8, 4) is 5.75 Å². The van der Waals surface area contributed by atoms with Gasteiger partial charge in [-0.1, -0.05) is 6.07 Å². The summed E-state index contributed by atoms with van der Waals surface area (Å²) in [6.45, 7) is 0. The summed E-state index contributed by atoms with van der Waals surface area (Å²) < 4.78 is 5.71. The van der Waals surface area contributed by atoms with Crippen LogP contribution in [-0.2, 0) is 0 Å². The Labute approximate surface area is 157 Å². The summed E-state index contributed by atoms with van der Waals surface area (Å²) >= 11 is 3.70. The Morgan fingerprint density at radius 1 is 1.43 bits per heavy atom. The van der Waals surface area contributed by atoms with E-state index in [1.54, 1.807) is 35.1 Å². The van der Waals surface area contributed by atoms with Crippen molar-refractivity contribution in [2.24, 2.45) is 0 Å². The molecule has 1 aromatic carbocycles. The second-order valence-electron chi connectivity index (χ2n) is 2.00. The average Bonchev–Trinajstić information content (AvgIpc) is 2.03. The van der Waals surface area contributed by atoms with Crippen LogP contribution < -0.4 is 62.2 Å². The normalized spacial score (nSPS) is 8.14. The molecule has 0 bridgehead atoms. The van der Waals surface area contributed by atoms with E-state index in [-0.39, 0.29) is 67.5 Å². The summed E-state index contributed by atoms with van der Waals surface area (Å²) in [7, 11) is 0. The number of hydrogen-bond donors (Lipinski definition) is 1. The van der Waals surface area contributed by atoms with Crippen LogP contribution in [0.25, 0.3) is 0 Å². The number of benzene rings is 1. The van der Waals surface area contributed by atoms with E-state index in [0.717, 1.165) is 3.57 Å². The fourth-order valence-corrected chi connectivity index (χ4v) is 2.26. The predicted octanol–water partition coefficient (Wildman–Crippen LogP) is -3.05. The number of carbonyl (C=O) groups is 1. The van der Waals surface area contributed by atoms with Gasteiger partial charge in [0.1, 0.15) is 5.56 Å². The van der Waals surface area contributed by atoms with Crippen LogP contribution in [0.15, 0.2) is 18.2 Å². The molecule has 0 atom stereocenters. The number of carboxylic acid groups (broad SMARTS) is 1. The molecule has 0 unspecified atom stereocenters. The van der Waals surface area contributed by atoms with Gasteiger partial charge in [0.05, 0.1) is 3.57 Å². The molecule has 0 aliphatic rings. The quantitative estimate of drug-likeness (QED) is 0.395. The first kappa shape index (κ1) is 18.3. The summed E-state index contributed by atoms with van der Waals surface area (Å²) in [6, 6.07) is 4.99. The molecule has 0 amide bonds. The van der Waals surface area contributed by atoms with Gasteiger partial charge >= 0.3 is 65.1 Å². The third-order valence-electron chi connectivity index (χ3n) is 1.27.